The summed E-state index contributed by atoms with van der Waals surface area (Å²) in [6, 6.07) is 10.8. The Balaban J connectivity index is 1.73. The van der Waals surface area contributed by atoms with Crippen molar-refractivity contribution < 1.29 is 9.53 Å². The van der Waals surface area contributed by atoms with Gasteiger partial charge in [0.25, 0.3) is 0 Å². The van der Waals surface area contributed by atoms with Crippen molar-refractivity contribution in [3.63, 3.8) is 0 Å². The van der Waals surface area contributed by atoms with Crippen LogP contribution in [0.15, 0.2) is 36.4 Å². The molecule has 9 nitrogen and oxygen atoms in total. The number of ether oxygens (including phenoxy) is 1. The molecule has 0 spiro atoms. The highest BCUT2D eigenvalue weighted by Crippen LogP contribution is 2.23. The maximum Gasteiger partial charge on any atom is 0.244 e. The van der Waals surface area contributed by atoms with Crippen LogP contribution in [0.1, 0.15) is 6.92 Å². The number of nitrogens with one attached hydrogen (secondary N) is 1. The Hall–Kier alpha value is -3.23. The van der Waals surface area contributed by atoms with Gasteiger partial charge in [0.15, 0.2) is 11.5 Å². The topological polar surface area (TPSA) is 97.5 Å². The first kappa shape index (κ1) is 15.7. The summed E-state index contributed by atoms with van der Waals surface area (Å²) in [5.74, 6) is 1.06. The van der Waals surface area contributed by atoms with Crippen LogP contribution in [0.2, 0.25) is 0 Å². The Morgan fingerprint density at radius 1 is 1.29 bits per heavy atom. The van der Waals surface area contributed by atoms with Crippen molar-refractivity contribution in [1.29, 1.82) is 0 Å². The summed E-state index contributed by atoms with van der Waals surface area (Å²) in [6.45, 7) is 2.71. The van der Waals surface area contributed by atoms with E-state index in [9.17, 15) is 4.79 Å². The molecule has 0 saturated heterocycles. The zero-order valence-electron chi connectivity index (χ0n) is 13.4. The minimum Gasteiger partial charge on any atom is -0.495 e. The lowest BCUT2D eigenvalue weighted by Gasteiger charge is -2.21. The number of nitrogens with zero attached hydrogens (tertiary/aromatic N) is 6. The molecule has 0 aliphatic heterocycles. The van der Waals surface area contributed by atoms with E-state index in [0.717, 1.165) is 0 Å². The van der Waals surface area contributed by atoms with Gasteiger partial charge < -0.3 is 15.0 Å². The van der Waals surface area contributed by atoms with Gasteiger partial charge in [0.05, 0.1) is 19.3 Å². The lowest BCUT2D eigenvalue weighted by molar-refractivity contribution is -0.115. The van der Waals surface area contributed by atoms with Crippen molar-refractivity contribution in [2.24, 2.45) is 0 Å². The summed E-state index contributed by atoms with van der Waals surface area (Å²) < 4.78 is 6.56. The number of hydrogen-bond donors (Lipinski definition) is 1. The second-order valence-electron chi connectivity index (χ2n) is 4.98. The monoisotopic (exact) mass is 327 g/mol. The first-order valence-corrected chi connectivity index (χ1v) is 7.44. The van der Waals surface area contributed by atoms with Crippen LogP contribution in [0.25, 0.3) is 5.65 Å². The van der Waals surface area contributed by atoms with Gasteiger partial charge in [0.1, 0.15) is 5.75 Å². The quantitative estimate of drug-likeness (QED) is 0.721. The van der Waals surface area contributed by atoms with Crippen molar-refractivity contribution in [3.05, 3.63) is 36.4 Å². The van der Waals surface area contributed by atoms with Crippen LogP contribution < -0.4 is 15.0 Å². The maximum atomic E-state index is 12.4. The Morgan fingerprint density at radius 3 is 2.92 bits per heavy atom. The molecule has 0 aliphatic carbocycles. The molecule has 9 heteroatoms. The number of carbonyl (C=O) groups excluding carboxylic acids is 1. The Kier molecular flexibility index (Phi) is 4.50. The molecule has 2 heterocycles. The predicted molar refractivity (Wildman–Crippen MR) is 88.1 cm³/mol. The van der Waals surface area contributed by atoms with Gasteiger partial charge >= 0.3 is 0 Å². The number of methoxy groups -OCH3 is 1. The van der Waals surface area contributed by atoms with Crippen molar-refractivity contribution in [3.8, 4) is 5.75 Å². The zero-order valence-corrected chi connectivity index (χ0v) is 13.4. The third kappa shape index (κ3) is 3.24. The average Bonchev–Trinajstić information content (AvgIpc) is 3.07. The van der Waals surface area contributed by atoms with E-state index in [4.69, 9.17) is 4.74 Å². The minimum atomic E-state index is -0.167. The first-order chi connectivity index (χ1) is 11.7. The third-order valence-corrected chi connectivity index (χ3v) is 3.48. The predicted octanol–water partition coefficient (Wildman–Crippen LogP) is 0.993. The maximum absolute atomic E-state index is 12.4. The first-order valence-electron chi connectivity index (χ1n) is 7.44. The molecule has 1 amide bonds. The molecule has 0 aliphatic rings. The number of rotatable bonds is 6. The molecule has 0 atom stereocenters. The van der Waals surface area contributed by atoms with Crippen LogP contribution in [-0.4, -0.2) is 51.4 Å². The fourth-order valence-corrected chi connectivity index (χ4v) is 2.27. The second kappa shape index (κ2) is 6.90. The number of anilines is 2. The van der Waals surface area contributed by atoms with Gasteiger partial charge in [-0.1, -0.05) is 12.1 Å². The molecular weight excluding hydrogens is 310 g/mol. The molecule has 0 fully saturated rings. The molecule has 1 aromatic carbocycles. The lowest BCUT2D eigenvalue weighted by Crippen LogP contribution is -2.34. The van der Waals surface area contributed by atoms with Crippen LogP contribution >= 0.6 is 0 Å². The van der Waals surface area contributed by atoms with Crippen LogP contribution in [-0.2, 0) is 4.79 Å². The van der Waals surface area contributed by atoms with E-state index in [1.807, 2.05) is 24.0 Å². The number of amides is 1. The Labute approximate surface area is 138 Å². The highest BCUT2D eigenvalue weighted by Gasteiger charge is 2.14. The van der Waals surface area contributed by atoms with Crippen molar-refractivity contribution in [1.82, 2.24) is 25.3 Å². The van der Waals surface area contributed by atoms with Crippen LogP contribution in [0, 0.1) is 0 Å². The molecule has 2 aromatic heterocycles. The number of hydrogen-bond acceptors (Lipinski definition) is 7. The number of aromatic nitrogens is 5. The molecule has 0 saturated carbocycles. The summed E-state index contributed by atoms with van der Waals surface area (Å²) in [6.07, 6.45) is 0. The third-order valence-electron chi connectivity index (χ3n) is 3.48. The van der Waals surface area contributed by atoms with Gasteiger partial charge in [-0.2, -0.15) is 0 Å². The van der Waals surface area contributed by atoms with E-state index in [1.54, 1.807) is 31.4 Å². The number of fused-ring (bicyclic) bond motifs is 1. The van der Waals surface area contributed by atoms with Crippen LogP contribution in [0.4, 0.5) is 11.5 Å². The minimum absolute atomic E-state index is 0.148. The molecule has 0 radical (unpaired) electrons. The van der Waals surface area contributed by atoms with E-state index in [-0.39, 0.29) is 12.5 Å². The number of carbonyl (C=O) groups is 1. The molecule has 0 unspecified atom stereocenters. The summed E-state index contributed by atoms with van der Waals surface area (Å²) in [5.41, 5.74) is 1.18. The second-order valence-corrected chi connectivity index (χ2v) is 4.98. The standard InChI is InChI=1S/C15H17N7O2/c1-3-21(14-9-8-13-17-19-20-22(13)18-14)10-15(23)16-11-6-4-5-7-12(11)24-2/h4-9H,3,10H2,1-2H3,(H,16,23). The fourth-order valence-electron chi connectivity index (χ4n) is 2.27. The van der Waals surface area contributed by atoms with Gasteiger partial charge in [-0.25, -0.2) is 0 Å². The summed E-state index contributed by atoms with van der Waals surface area (Å²) in [4.78, 5) is 14.2. The molecule has 124 valence electrons. The van der Waals surface area contributed by atoms with Gasteiger partial charge in [-0.15, -0.1) is 14.8 Å². The van der Waals surface area contributed by atoms with E-state index in [2.05, 4.69) is 25.9 Å². The van der Waals surface area contributed by atoms with Crippen molar-refractivity contribution in [2.45, 2.75) is 6.92 Å². The number of para-hydroxylation sites is 2. The van der Waals surface area contributed by atoms with Crippen LogP contribution in [0.3, 0.4) is 0 Å². The number of tetrazole rings is 1. The van der Waals surface area contributed by atoms with Crippen molar-refractivity contribution in [2.75, 3.05) is 30.4 Å². The average molecular weight is 327 g/mol. The summed E-state index contributed by atoms with van der Waals surface area (Å²) in [7, 11) is 1.56. The Bertz CT molecular complexity index is 848. The fraction of sp³-hybridized carbons (Fsp3) is 0.267. The summed E-state index contributed by atoms with van der Waals surface area (Å²) in [5, 5.41) is 18.3. The Morgan fingerprint density at radius 2 is 2.12 bits per heavy atom. The van der Waals surface area contributed by atoms with E-state index >= 15 is 0 Å². The highest BCUT2D eigenvalue weighted by atomic mass is 16.5. The lowest BCUT2D eigenvalue weighted by atomic mass is 10.3. The van der Waals surface area contributed by atoms with Gasteiger partial charge in [0.2, 0.25) is 5.91 Å². The normalized spacial score (nSPS) is 10.6. The van der Waals surface area contributed by atoms with Gasteiger partial charge in [-0.3, -0.25) is 4.79 Å². The smallest absolute Gasteiger partial charge is 0.244 e. The SMILES string of the molecule is CCN(CC(=O)Nc1ccccc1OC)c1ccc2nnnn2n1. The molecule has 3 rings (SSSR count). The van der Waals surface area contributed by atoms with Gasteiger partial charge in [-0.05, 0) is 41.6 Å². The molecule has 3 aromatic rings. The number of benzene rings is 1. The molecule has 0 bridgehead atoms. The number of likely N-dealkylation sites (N-methyl/N-ethyl adjacent to an activating group) is 1. The van der Waals surface area contributed by atoms with Crippen molar-refractivity contribution >= 4 is 23.1 Å². The molecular formula is C15H17N7O2. The largest absolute Gasteiger partial charge is 0.495 e. The molecule has 24 heavy (non-hydrogen) atoms. The van der Waals surface area contributed by atoms with Crippen LogP contribution in [0.5, 0.6) is 5.75 Å². The van der Waals surface area contributed by atoms with E-state index < -0.39 is 0 Å². The summed E-state index contributed by atoms with van der Waals surface area (Å²) >= 11 is 0. The van der Waals surface area contributed by atoms with E-state index in [0.29, 0.717) is 29.4 Å². The zero-order chi connectivity index (χ0) is 16.9. The van der Waals surface area contributed by atoms with E-state index in [1.165, 1.54) is 4.63 Å². The van der Waals surface area contributed by atoms with Gasteiger partial charge in [0, 0.05) is 6.54 Å². The highest BCUT2D eigenvalue weighted by molar-refractivity contribution is 5.95. The molecule has 1 N–H and O–H groups in total.